The largest absolute Gasteiger partial charge is 0.262 e. The van der Waals surface area contributed by atoms with Crippen LogP contribution in [0.25, 0.3) is 21.8 Å². The number of benzene rings is 3. The minimum absolute atomic E-state index is 0.710. The lowest BCUT2D eigenvalue weighted by Gasteiger charge is -2.08. The number of halogens is 13. The molecule has 0 radical (unpaired) electrons. The second kappa shape index (κ2) is 11.7. The van der Waals surface area contributed by atoms with Crippen molar-refractivity contribution in [2.45, 2.75) is 0 Å². The molecule has 0 unspecified atom stereocenters. The molecule has 232 valence electrons. The highest BCUT2D eigenvalue weighted by Crippen LogP contribution is 2.58. The molecule has 1 saturated carbocycles. The molecule has 0 spiro atoms. The number of nitriles is 4. The molecule has 1 aliphatic rings. The topological polar surface area (TPSA) is 99.5 Å². The molecular formula is C29F13N5. The maximum absolute atomic E-state index is 15.9. The van der Waals surface area contributed by atoms with Gasteiger partial charge < -0.3 is 0 Å². The number of hydrogen-bond acceptors (Lipinski definition) is 4. The summed E-state index contributed by atoms with van der Waals surface area (Å²) in [6.07, 6.45) is 0. The summed E-state index contributed by atoms with van der Waals surface area (Å²) in [7, 11) is 0. The molecule has 0 saturated heterocycles. The van der Waals surface area contributed by atoms with E-state index in [-0.39, 0.29) is 0 Å². The Balaban J connectivity index is 2.33. The molecule has 3 aromatic rings. The summed E-state index contributed by atoms with van der Waals surface area (Å²) in [5.41, 5.74) is -21.1. The van der Waals surface area contributed by atoms with E-state index in [4.69, 9.17) is 17.1 Å². The van der Waals surface area contributed by atoms with Gasteiger partial charge in [-0.1, -0.05) is 0 Å². The fourth-order valence-electron chi connectivity index (χ4n) is 4.32. The maximum Gasteiger partial charge on any atom is 0.262 e. The van der Waals surface area contributed by atoms with Gasteiger partial charge in [0.05, 0.1) is 34.4 Å². The van der Waals surface area contributed by atoms with E-state index in [2.05, 4.69) is 4.85 Å². The van der Waals surface area contributed by atoms with Crippen molar-refractivity contribution in [3.63, 3.8) is 0 Å². The van der Waals surface area contributed by atoms with Crippen LogP contribution in [0.15, 0.2) is 16.7 Å². The predicted octanol–water partition coefficient (Wildman–Crippen LogP) is 8.30. The van der Waals surface area contributed by atoms with Crippen LogP contribution in [-0.2, 0) is 0 Å². The van der Waals surface area contributed by atoms with Crippen LogP contribution in [0, 0.1) is 122 Å². The van der Waals surface area contributed by atoms with E-state index >= 15 is 4.39 Å². The molecule has 47 heavy (non-hydrogen) atoms. The molecular weight excluding hydrogens is 665 g/mol. The Kier molecular flexibility index (Phi) is 8.32. The SMILES string of the molecule is [C-]#[N+]c1c(F)c(F)c(/C(C#N)=C2\C(=C(/F)c3c(F)c(F)c(C#N)c(F)c3F)\C2=C(/C#N)c2c(F)c(F)c(C#N)c(F)c2F)c(F)c1F. The Morgan fingerprint density at radius 1 is 0.447 bits per heavy atom. The van der Waals surface area contributed by atoms with Gasteiger partial charge in [-0.2, -0.15) is 21.0 Å². The van der Waals surface area contributed by atoms with Crippen LogP contribution in [0.1, 0.15) is 27.8 Å². The Morgan fingerprint density at radius 3 is 1.02 bits per heavy atom. The quantitative estimate of drug-likeness (QED) is 0.122. The van der Waals surface area contributed by atoms with Gasteiger partial charge in [0, 0.05) is 16.7 Å². The fraction of sp³-hybridized carbons (Fsp3) is 0. The molecule has 3 aromatic carbocycles. The van der Waals surface area contributed by atoms with Crippen LogP contribution in [0.2, 0.25) is 0 Å². The van der Waals surface area contributed by atoms with Gasteiger partial charge in [0.15, 0.2) is 69.8 Å². The Labute approximate surface area is 251 Å². The Morgan fingerprint density at radius 2 is 0.745 bits per heavy atom. The minimum atomic E-state index is -2.70. The second-order valence-electron chi connectivity index (χ2n) is 8.74. The number of rotatable bonds is 3. The van der Waals surface area contributed by atoms with E-state index in [1.165, 1.54) is 0 Å². The molecule has 1 aliphatic carbocycles. The van der Waals surface area contributed by atoms with Crippen LogP contribution in [-0.4, -0.2) is 0 Å². The zero-order valence-electron chi connectivity index (χ0n) is 21.6. The standard InChI is InChI=1S/C29F13N5/c1-47-29-27(41)23(37)13(24(38)28(29)42)7(3-44)11-10(6(2-43)12-21(35)16(30)8(4-45)17(31)22(12)36)14(11)20(34)15-25(39)18(32)9(5-46)19(33)26(15)40/b10-6+,11-7-,20-14-. The highest BCUT2D eigenvalue weighted by molar-refractivity contribution is 6.10. The molecule has 0 atom stereocenters. The first-order valence-electron chi connectivity index (χ1n) is 11.5. The molecule has 5 nitrogen and oxygen atoms in total. The first-order chi connectivity index (χ1) is 22.1. The lowest BCUT2D eigenvalue weighted by molar-refractivity contribution is 0.442. The van der Waals surface area contributed by atoms with Crippen molar-refractivity contribution in [2.75, 3.05) is 0 Å². The highest BCUT2D eigenvalue weighted by atomic mass is 19.2. The first kappa shape index (κ1) is 33.3. The summed E-state index contributed by atoms with van der Waals surface area (Å²) in [5, 5.41) is 36.9. The lowest BCUT2D eigenvalue weighted by atomic mass is 9.99. The summed E-state index contributed by atoms with van der Waals surface area (Å²) < 4.78 is 191. The third-order valence-corrected chi connectivity index (χ3v) is 6.45. The zero-order valence-corrected chi connectivity index (χ0v) is 21.6. The maximum atomic E-state index is 15.9. The van der Waals surface area contributed by atoms with E-state index in [9.17, 15) is 63.2 Å². The van der Waals surface area contributed by atoms with Gasteiger partial charge in [-0.15, -0.1) is 0 Å². The normalized spacial score (nSPS) is 15.1. The van der Waals surface area contributed by atoms with Gasteiger partial charge in [0.25, 0.3) is 5.69 Å². The van der Waals surface area contributed by atoms with Gasteiger partial charge in [0.1, 0.15) is 41.2 Å². The number of nitrogens with zero attached hydrogens (tertiary/aromatic N) is 5. The summed E-state index contributed by atoms with van der Waals surface area (Å²) >= 11 is 0. The van der Waals surface area contributed by atoms with Gasteiger partial charge in [-0.05, 0) is 0 Å². The van der Waals surface area contributed by atoms with Crippen molar-refractivity contribution in [2.24, 2.45) is 0 Å². The third-order valence-electron chi connectivity index (χ3n) is 6.45. The summed E-state index contributed by atoms with van der Waals surface area (Å²) in [4.78, 5) is 2.20. The van der Waals surface area contributed by atoms with Crippen LogP contribution in [0.5, 0.6) is 0 Å². The zero-order chi connectivity index (χ0) is 35.4. The van der Waals surface area contributed by atoms with Crippen molar-refractivity contribution in [3.05, 3.63) is 126 Å². The average molecular weight is 665 g/mol. The van der Waals surface area contributed by atoms with Crippen LogP contribution in [0.4, 0.5) is 62.8 Å². The van der Waals surface area contributed by atoms with Crippen LogP contribution < -0.4 is 0 Å². The average Bonchev–Trinajstić information content (AvgIpc) is 3.77. The smallest absolute Gasteiger partial charge is 0.232 e. The van der Waals surface area contributed by atoms with Crippen molar-refractivity contribution < 1.29 is 57.1 Å². The summed E-state index contributed by atoms with van der Waals surface area (Å²) in [5.74, 6) is -33.3. The molecule has 0 aromatic heterocycles. The Hall–Kier alpha value is -6.58. The van der Waals surface area contributed by atoms with Gasteiger partial charge in [-0.25, -0.2) is 61.9 Å². The highest BCUT2D eigenvalue weighted by Gasteiger charge is 2.46. The van der Waals surface area contributed by atoms with E-state index in [0.717, 1.165) is 18.2 Å². The van der Waals surface area contributed by atoms with Crippen molar-refractivity contribution in [3.8, 4) is 24.3 Å². The van der Waals surface area contributed by atoms with Crippen LogP contribution in [0.3, 0.4) is 0 Å². The number of allylic oxidation sites excluding steroid dienone is 5. The molecule has 18 heteroatoms. The monoisotopic (exact) mass is 665 g/mol. The molecule has 0 aliphatic heterocycles. The summed E-state index contributed by atoms with van der Waals surface area (Å²) in [6, 6.07) is 3.21. The van der Waals surface area contributed by atoms with Crippen LogP contribution >= 0.6 is 0 Å². The van der Waals surface area contributed by atoms with E-state index in [1.54, 1.807) is 0 Å². The van der Waals surface area contributed by atoms with E-state index in [0.29, 0.717) is 6.07 Å². The van der Waals surface area contributed by atoms with Crippen molar-refractivity contribution >= 4 is 22.7 Å². The van der Waals surface area contributed by atoms with Crippen molar-refractivity contribution in [1.82, 2.24) is 0 Å². The van der Waals surface area contributed by atoms with E-state index in [1.807, 2.05) is 0 Å². The molecule has 4 rings (SSSR count). The Bertz CT molecular complexity index is 2130. The molecule has 1 fully saturated rings. The summed E-state index contributed by atoms with van der Waals surface area (Å²) in [6.45, 7) is 6.67. The molecule has 0 N–H and O–H groups in total. The number of hydrogen-bond donors (Lipinski definition) is 0. The third kappa shape index (κ3) is 4.61. The molecule has 0 heterocycles. The predicted molar refractivity (Wildman–Crippen MR) is 128 cm³/mol. The van der Waals surface area contributed by atoms with Gasteiger partial charge >= 0.3 is 0 Å². The van der Waals surface area contributed by atoms with Gasteiger partial charge in [-0.3, -0.25) is 0 Å². The molecule has 0 amide bonds. The minimum Gasteiger partial charge on any atom is -0.232 e. The second-order valence-corrected chi connectivity index (χ2v) is 8.74. The lowest BCUT2D eigenvalue weighted by Crippen LogP contribution is -2.06. The molecule has 0 bridgehead atoms. The fourth-order valence-corrected chi connectivity index (χ4v) is 4.32. The van der Waals surface area contributed by atoms with E-state index < -0.39 is 137 Å². The van der Waals surface area contributed by atoms with Gasteiger partial charge in [0.2, 0.25) is 0 Å². The van der Waals surface area contributed by atoms with Crippen molar-refractivity contribution in [1.29, 1.82) is 21.0 Å². The first-order valence-corrected chi connectivity index (χ1v) is 11.5.